The van der Waals surface area contributed by atoms with Gasteiger partial charge in [0, 0.05) is 32.9 Å². The van der Waals surface area contributed by atoms with Crippen LogP contribution in [0, 0.1) is 0 Å². The Balaban J connectivity index is 1.59. The molecule has 1 aliphatic rings. The highest BCUT2D eigenvalue weighted by Crippen LogP contribution is 2.19. The van der Waals surface area contributed by atoms with Gasteiger partial charge in [-0.1, -0.05) is 24.3 Å². The number of aliphatic imine (C=N–C) groups is 1. The lowest BCUT2D eigenvalue weighted by Gasteiger charge is -2.28. The maximum atomic E-state index is 13.8. The van der Waals surface area contributed by atoms with Gasteiger partial charge in [0.1, 0.15) is 59.8 Å². The molecule has 13 amide bonds. The van der Waals surface area contributed by atoms with E-state index in [1.54, 1.807) is 0 Å². The highest BCUT2D eigenvalue weighted by Gasteiger charge is 2.38. The first-order valence-electron chi connectivity index (χ1n) is 25.7. The summed E-state index contributed by atoms with van der Waals surface area (Å²) >= 11 is 0. The predicted molar refractivity (Wildman–Crippen MR) is 288 cm³/mol. The SMILES string of the molecule is CC(=O)NCC(=O)N[C@@H](Cc1ccc(O)cc1)C(=O)N[C@@H](CCCN=C(N)N)C(=O)N[C@@H](C)C(=O)N[C@@H](CC(N)=O)C(=O)N[C@@H](C)C(=O)NCC(=O)N[C@@H](CO)C(=O)N1CCC[C@H]1C(=O)NCC(=O)N[C@@H](Cc1ccc(O)cc1)C(N)=O. The number of aliphatic hydroxyl groups is 1. The molecular formula is C50H72N16O16. The number of primary amides is 2. The Hall–Kier alpha value is -9.62. The number of aromatic hydroxyl groups is 2. The van der Waals surface area contributed by atoms with Crippen molar-refractivity contribution in [3.05, 3.63) is 59.7 Å². The molecule has 0 aromatic heterocycles. The van der Waals surface area contributed by atoms with Gasteiger partial charge in [-0.3, -0.25) is 67.3 Å². The Labute approximate surface area is 469 Å². The molecule has 8 atom stereocenters. The lowest BCUT2D eigenvalue weighted by atomic mass is 10.0. The zero-order chi connectivity index (χ0) is 61.2. The van der Waals surface area contributed by atoms with Crippen LogP contribution >= 0.6 is 0 Å². The molecular weight excluding hydrogens is 1080 g/mol. The Morgan fingerprint density at radius 3 is 1.59 bits per heavy atom. The number of hydrogen-bond acceptors (Lipinski definition) is 17. The number of amides is 13. The highest BCUT2D eigenvalue weighted by atomic mass is 16.3. The lowest BCUT2D eigenvalue weighted by molar-refractivity contribution is -0.142. The first-order valence-corrected chi connectivity index (χ1v) is 25.7. The summed E-state index contributed by atoms with van der Waals surface area (Å²) in [5.74, 6) is -11.9. The number of hydrogen-bond donors (Lipinski definition) is 17. The van der Waals surface area contributed by atoms with Crippen molar-refractivity contribution >= 4 is 82.8 Å². The number of benzene rings is 2. The normalized spacial score (nSPS) is 15.1. The molecule has 1 saturated heterocycles. The van der Waals surface area contributed by atoms with Crippen LogP contribution in [-0.2, 0) is 75.2 Å². The fraction of sp³-hybridized carbons (Fsp3) is 0.480. The van der Waals surface area contributed by atoms with Crippen molar-refractivity contribution in [2.24, 2.45) is 27.9 Å². The number of nitrogens with two attached hydrogens (primary N) is 4. The first-order chi connectivity index (χ1) is 38.7. The van der Waals surface area contributed by atoms with Gasteiger partial charge in [0.15, 0.2) is 5.96 Å². The average Bonchev–Trinajstić information content (AvgIpc) is 4.01. The molecule has 3 rings (SSSR count). The van der Waals surface area contributed by atoms with Crippen LogP contribution in [0.4, 0.5) is 0 Å². The molecule has 21 N–H and O–H groups in total. The minimum atomic E-state index is -1.73. The van der Waals surface area contributed by atoms with Gasteiger partial charge >= 0.3 is 0 Å². The number of aliphatic hydroxyl groups excluding tert-OH is 1. The summed E-state index contributed by atoms with van der Waals surface area (Å²) in [6.45, 7) is 0.767. The van der Waals surface area contributed by atoms with E-state index in [2.05, 4.69) is 58.2 Å². The van der Waals surface area contributed by atoms with Crippen LogP contribution in [0.3, 0.4) is 0 Å². The van der Waals surface area contributed by atoms with E-state index >= 15 is 0 Å². The number of carbonyl (C=O) groups excluding carboxylic acids is 13. The van der Waals surface area contributed by atoms with Gasteiger partial charge in [-0.25, -0.2) is 0 Å². The third kappa shape index (κ3) is 23.4. The van der Waals surface area contributed by atoms with E-state index in [-0.39, 0.29) is 62.7 Å². The Morgan fingerprint density at radius 1 is 0.585 bits per heavy atom. The maximum Gasteiger partial charge on any atom is 0.248 e. The van der Waals surface area contributed by atoms with Crippen LogP contribution in [0.5, 0.6) is 11.5 Å². The highest BCUT2D eigenvalue weighted by molar-refractivity contribution is 5.99. The van der Waals surface area contributed by atoms with E-state index in [4.69, 9.17) is 22.9 Å². The van der Waals surface area contributed by atoms with Gasteiger partial charge in [-0.15, -0.1) is 0 Å². The molecule has 32 heteroatoms. The van der Waals surface area contributed by atoms with Crippen molar-refractivity contribution < 1.29 is 77.6 Å². The van der Waals surface area contributed by atoms with E-state index in [9.17, 15) is 77.6 Å². The fourth-order valence-corrected chi connectivity index (χ4v) is 7.91. The van der Waals surface area contributed by atoms with Crippen molar-refractivity contribution in [1.29, 1.82) is 0 Å². The summed E-state index contributed by atoms with van der Waals surface area (Å²) in [5.41, 5.74) is 22.7. The maximum absolute atomic E-state index is 13.8. The number of nitrogens with one attached hydrogen (secondary N) is 10. The van der Waals surface area contributed by atoms with Crippen molar-refractivity contribution in [1.82, 2.24) is 58.1 Å². The largest absolute Gasteiger partial charge is 0.508 e. The van der Waals surface area contributed by atoms with E-state index in [1.165, 1.54) is 69.3 Å². The van der Waals surface area contributed by atoms with Crippen LogP contribution in [0.2, 0.25) is 0 Å². The molecule has 0 bridgehead atoms. The molecule has 448 valence electrons. The summed E-state index contributed by atoms with van der Waals surface area (Å²) in [6, 6.07) is 0.212. The number of likely N-dealkylation sites (tertiary alicyclic amines) is 1. The second-order valence-corrected chi connectivity index (χ2v) is 18.9. The second kappa shape index (κ2) is 33.1. The molecule has 0 spiro atoms. The van der Waals surface area contributed by atoms with Crippen LogP contribution in [-0.4, -0.2) is 191 Å². The molecule has 82 heavy (non-hydrogen) atoms. The smallest absolute Gasteiger partial charge is 0.248 e. The quantitative estimate of drug-likeness (QED) is 0.0184. The van der Waals surface area contributed by atoms with Gasteiger partial charge in [-0.2, -0.15) is 0 Å². The molecule has 0 radical (unpaired) electrons. The summed E-state index contributed by atoms with van der Waals surface area (Å²) in [7, 11) is 0. The number of nitrogens with zero attached hydrogens (tertiary/aromatic N) is 2. The molecule has 0 unspecified atom stereocenters. The molecule has 2 aromatic rings. The van der Waals surface area contributed by atoms with Crippen LogP contribution < -0.4 is 76.1 Å². The number of phenols is 2. The molecule has 0 aliphatic carbocycles. The van der Waals surface area contributed by atoms with Crippen molar-refractivity contribution in [3.63, 3.8) is 0 Å². The van der Waals surface area contributed by atoms with Crippen LogP contribution in [0.15, 0.2) is 53.5 Å². The van der Waals surface area contributed by atoms with Crippen molar-refractivity contribution in [2.45, 2.75) is 114 Å². The third-order valence-electron chi connectivity index (χ3n) is 12.2. The van der Waals surface area contributed by atoms with Crippen LogP contribution in [0.25, 0.3) is 0 Å². The van der Waals surface area contributed by atoms with E-state index in [0.717, 1.165) is 4.90 Å². The summed E-state index contributed by atoms with van der Waals surface area (Å²) in [6.07, 6.45) is -0.479. The Morgan fingerprint density at radius 2 is 1.06 bits per heavy atom. The van der Waals surface area contributed by atoms with Gasteiger partial charge < -0.3 is 96.3 Å². The molecule has 32 nitrogen and oxygen atoms in total. The van der Waals surface area contributed by atoms with Gasteiger partial charge in [-0.05, 0) is 74.9 Å². The molecule has 1 aliphatic heterocycles. The molecule has 0 saturated carbocycles. The second-order valence-electron chi connectivity index (χ2n) is 18.9. The topological polar surface area (TPSA) is 523 Å². The fourth-order valence-electron chi connectivity index (χ4n) is 7.91. The van der Waals surface area contributed by atoms with Crippen LogP contribution in [0.1, 0.15) is 64.0 Å². The van der Waals surface area contributed by atoms with Gasteiger partial charge in [0.05, 0.1) is 32.7 Å². The third-order valence-corrected chi connectivity index (χ3v) is 12.2. The number of guanidine groups is 1. The van der Waals surface area contributed by atoms with E-state index in [1.807, 2.05) is 0 Å². The zero-order valence-corrected chi connectivity index (χ0v) is 45.3. The number of phenolic OH excluding ortho intramolecular Hbond substituents is 2. The Bertz CT molecular complexity index is 2670. The number of carbonyl (C=O) groups is 13. The Kier molecular flexibility index (Phi) is 26.9. The van der Waals surface area contributed by atoms with E-state index < -0.39 is 158 Å². The average molecular weight is 1150 g/mol. The minimum absolute atomic E-state index is 0.00613. The zero-order valence-electron chi connectivity index (χ0n) is 45.3. The van der Waals surface area contributed by atoms with Gasteiger partial charge in [0.2, 0.25) is 76.8 Å². The summed E-state index contributed by atoms with van der Waals surface area (Å²) in [5, 5.41) is 52.9. The van der Waals surface area contributed by atoms with Crippen molar-refractivity contribution in [3.8, 4) is 11.5 Å². The summed E-state index contributed by atoms with van der Waals surface area (Å²) < 4.78 is 0. The first kappa shape index (κ1) is 66.7. The van der Waals surface area contributed by atoms with E-state index in [0.29, 0.717) is 17.5 Å². The van der Waals surface area contributed by atoms with Gasteiger partial charge in [0.25, 0.3) is 0 Å². The number of rotatable bonds is 32. The predicted octanol–water partition coefficient (Wildman–Crippen LogP) is -7.92. The standard InChI is InChI=1S/C50H72N16O16/c1-25(43(76)57-22-41(74)63-36(24-67)49(82)66-17-5-7-37(66)48(81)58-23-40(73)61-33(42(52)75)18-28-8-12-30(69)13-9-28)59-46(79)35(20-38(51)71)65-44(77)26(2)60-45(78)32(6-4-16-55-50(53)54)64-47(80)34(62-39(72)21-56-27(3)68)19-29-10-14-31(70)15-11-29/h8-15,25-26,32-37,67,69-70H,4-7,16-24H2,1-3H3,(H2,51,71)(H2,52,75)(H,56,68)(H,57,76)(H,58,81)(H,59,79)(H,60,78)(H,61,73)(H,62,72)(H,63,74)(H,64,80)(H,65,77)(H4,53,54,55)/t25-,26-,32-,33-,34-,35-,36-,37-/m0/s1. The monoisotopic (exact) mass is 1150 g/mol. The lowest BCUT2D eigenvalue weighted by Crippen LogP contribution is -2.59. The van der Waals surface area contributed by atoms with Crippen molar-refractivity contribution in [2.75, 3.05) is 39.3 Å². The molecule has 1 fully saturated rings. The molecule has 2 aromatic carbocycles. The molecule has 1 heterocycles. The minimum Gasteiger partial charge on any atom is -0.508 e. The summed E-state index contributed by atoms with van der Waals surface area (Å²) in [4.78, 5) is 173.